The second-order valence-electron chi connectivity index (χ2n) is 7.69. The number of ether oxygens (including phenoxy) is 2. The fourth-order valence-electron chi connectivity index (χ4n) is 3.97. The Balaban J connectivity index is 1.37. The molecule has 3 aliphatic rings. The van der Waals surface area contributed by atoms with Gasteiger partial charge in [0.05, 0.1) is 5.92 Å². The third-order valence-corrected chi connectivity index (χ3v) is 6.74. The van der Waals surface area contributed by atoms with Crippen LogP contribution in [0.4, 0.5) is 14.9 Å². The molecule has 1 atom stereocenters. The number of benzene rings is 1. The first-order valence-electron chi connectivity index (χ1n) is 10.1. The molecule has 0 spiro atoms. The normalized spacial score (nSPS) is 21.0. The minimum Gasteiger partial charge on any atom is -0.506 e. The van der Waals surface area contributed by atoms with Gasteiger partial charge >= 0.3 is 12.1 Å². The van der Waals surface area contributed by atoms with Crippen molar-refractivity contribution in [3.05, 3.63) is 29.6 Å². The maximum Gasteiger partial charge on any atom is 0.413 e. The number of carbonyl (C=O) groups is 3. The number of hydrogen-bond acceptors (Lipinski definition) is 7. The quantitative estimate of drug-likeness (QED) is 0.497. The zero-order chi connectivity index (χ0) is 22.8. The molecule has 1 saturated heterocycles. The minimum absolute atomic E-state index is 0.0246. The molecule has 1 aliphatic carbocycles. The molecule has 0 bridgehead atoms. The number of nitrogens with zero attached hydrogens (tertiary/aromatic N) is 2. The van der Waals surface area contributed by atoms with Crippen LogP contribution >= 0.6 is 0 Å². The zero-order valence-electron chi connectivity index (χ0n) is 17.0. The monoisotopic (exact) mass is 467 g/mol. The molecule has 4 rings (SSSR count). The Kier molecular flexibility index (Phi) is 6.31. The van der Waals surface area contributed by atoms with E-state index < -0.39 is 41.5 Å². The van der Waals surface area contributed by atoms with Gasteiger partial charge < -0.3 is 19.5 Å². The molecule has 1 unspecified atom stereocenters. The Hall–Kier alpha value is -3.15. The summed E-state index contributed by atoms with van der Waals surface area (Å²) in [6, 6.07) is 2.57. The molecule has 10 nitrogen and oxygen atoms in total. The number of aromatic hydroxyl groups is 1. The summed E-state index contributed by atoms with van der Waals surface area (Å²) < 4.78 is 40.3. The summed E-state index contributed by atoms with van der Waals surface area (Å²) in [5.41, 5.74) is 0.185. The molecule has 1 saturated carbocycles. The highest BCUT2D eigenvalue weighted by molar-refractivity contribution is 7.85. The van der Waals surface area contributed by atoms with Crippen molar-refractivity contribution in [3.63, 3.8) is 0 Å². The van der Waals surface area contributed by atoms with Crippen molar-refractivity contribution in [2.45, 2.75) is 25.7 Å². The van der Waals surface area contributed by atoms with E-state index in [0.717, 1.165) is 30.0 Å². The van der Waals surface area contributed by atoms with E-state index >= 15 is 4.39 Å². The van der Waals surface area contributed by atoms with Crippen LogP contribution in [0.3, 0.4) is 0 Å². The first-order valence-corrected chi connectivity index (χ1v) is 11.2. The van der Waals surface area contributed by atoms with Crippen molar-refractivity contribution in [1.29, 1.82) is 0 Å². The number of halogens is 1. The van der Waals surface area contributed by atoms with Crippen LogP contribution in [0.25, 0.3) is 5.57 Å². The second-order valence-corrected chi connectivity index (χ2v) is 8.83. The van der Waals surface area contributed by atoms with E-state index in [-0.39, 0.29) is 42.8 Å². The van der Waals surface area contributed by atoms with Crippen molar-refractivity contribution in [1.82, 2.24) is 9.62 Å². The molecule has 12 heteroatoms. The van der Waals surface area contributed by atoms with Gasteiger partial charge in [-0.15, -0.1) is 0 Å². The van der Waals surface area contributed by atoms with E-state index in [1.807, 2.05) is 0 Å². The molecule has 1 aromatic rings. The van der Waals surface area contributed by atoms with Crippen LogP contribution in [0.5, 0.6) is 5.75 Å². The van der Waals surface area contributed by atoms with Gasteiger partial charge in [0.25, 0.3) is 5.91 Å². The maximum atomic E-state index is 15.2. The molecule has 2 heterocycles. The molecule has 2 aliphatic heterocycles. The Labute approximate surface area is 185 Å². The molecule has 32 heavy (non-hydrogen) atoms. The van der Waals surface area contributed by atoms with Gasteiger partial charge in [-0.05, 0) is 30.5 Å². The SMILES string of the molecule is O=C1CN(c2c(O)ccc(C3=CCN(C(=O)OCOC(=O)C4CCCC4)C3)c2F)S(=O)N1. The first-order chi connectivity index (χ1) is 15.3. The molecule has 2 fully saturated rings. The Morgan fingerprint density at radius 2 is 1.97 bits per heavy atom. The maximum absolute atomic E-state index is 15.2. The average molecular weight is 467 g/mol. The number of rotatable bonds is 5. The first kappa shape index (κ1) is 22.1. The lowest BCUT2D eigenvalue weighted by Crippen LogP contribution is -2.31. The number of nitrogens with one attached hydrogen (secondary N) is 1. The third-order valence-electron chi connectivity index (χ3n) is 5.63. The predicted molar refractivity (Wildman–Crippen MR) is 111 cm³/mol. The van der Waals surface area contributed by atoms with Gasteiger partial charge in [0.2, 0.25) is 18.0 Å². The number of anilines is 1. The van der Waals surface area contributed by atoms with E-state index in [9.17, 15) is 23.7 Å². The van der Waals surface area contributed by atoms with Crippen LogP contribution < -0.4 is 9.03 Å². The molecule has 2 N–H and O–H groups in total. The van der Waals surface area contributed by atoms with Gasteiger partial charge in [0, 0.05) is 18.7 Å². The van der Waals surface area contributed by atoms with Crippen molar-refractivity contribution in [2.75, 3.05) is 30.7 Å². The summed E-state index contributed by atoms with van der Waals surface area (Å²) in [4.78, 5) is 36.9. The topological polar surface area (TPSA) is 125 Å². The highest BCUT2D eigenvalue weighted by atomic mass is 32.2. The Bertz CT molecular complexity index is 1010. The highest BCUT2D eigenvalue weighted by Crippen LogP contribution is 2.37. The second kappa shape index (κ2) is 9.15. The summed E-state index contributed by atoms with van der Waals surface area (Å²) in [5, 5.41) is 10.1. The zero-order valence-corrected chi connectivity index (χ0v) is 17.9. The Morgan fingerprint density at radius 1 is 1.22 bits per heavy atom. The highest BCUT2D eigenvalue weighted by Gasteiger charge is 2.33. The number of amides is 2. The molecule has 0 aromatic heterocycles. The fourth-order valence-corrected chi connectivity index (χ4v) is 4.92. The van der Waals surface area contributed by atoms with Gasteiger partial charge in [-0.3, -0.25) is 18.6 Å². The molecule has 0 radical (unpaired) electrons. The number of carbonyl (C=O) groups excluding carboxylic acids is 3. The number of phenols is 1. The van der Waals surface area contributed by atoms with Crippen molar-refractivity contribution in [2.24, 2.45) is 5.92 Å². The average Bonchev–Trinajstić information content (AvgIpc) is 3.50. The van der Waals surface area contributed by atoms with Crippen LogP contribution in [0.1, 0.15) is 31.2 Å². The smallest absolute Gasteiger partial charge is 0.413 e. The van der Waals surface area contributed by atoms with E-state index in [2.05, 4.69) is 4.72 Å². The summed E-state index contributed by atoms with van der Waals surface area (Å²) in [7, 11) is 0. The minimum atomic E-state index is -2.01. The lowest BCUT2D eigenvalue weighted by atomic mass is 10.0. The lowest BCUT2D eigenvalue weighted by Gasteiger charge is -2.19. The predicted octanol–water partition coefficient (Wildman–Crippen LogP) is 1.57. The van der Waals surface area contributed by atoms with Crippen molar-refractivity contribution < 1.29 is 37.6 Å². The molecule has 2 amide bonds. The molecule has 1 aromatic carbocycles. The third kappa shape index (κ3) is 4.40. The van der Waals surface area contributed by atoms with Crippen LogP contribution in [-0.2, 0) is 30.2 Å². The van der Waals surface area contributed by atoms with Crippen molar-refractivity contribution >= 4 is 40.4 Å². The van der Waals surface area contributed by atoms with E-state index in [4.69, 9.17) is 9.47 Å². The van der Waals surface area contributed by atoms with Gasteiger partial charge in [-0.1, -0.05) is 18.9 Å². The van der Waals surface area contributed by atoms with Gasteiger partial charge in [0.1, 0.15) is 18.0 Å². The molecular weight excluding hydrogens is 445 g/mol. The van der Waals surface area contributed by atoms with Gasteiger partial charge in [-0.2, -0.15) is 0 Å². The van der Waals surface area contributed by atoms with Crippen LogP contribution in [0.15, 0.2) is 18.2 Å². The van der Waals surface area contributed by atoms with Crippen LogP contribution in [0.2, 0.25) is 0 Å². The molecule has 172 valence electrons. The van der Waals surface area contributed by atoms with E-state index in [0.29, 0.717) is 5.57 Å². The molecular formula is C20H22FN3O7S. The van der Waals surface area contributed by atoms with E-state index in [1.54, 1.807) is 6.08 Å². The standard InChI is InChI=1S/C20H22FN3O7S/c21-17-14(5-6-15(25)18(17)24-10-16(26)22-32(24)29)13-7-8-23(9-13)20(28)31-11-30-19(27)12-3-1-2-4-12/h5-7,12,25H,1-4,8-11H2,(H,22,26). The van der Waals surface area contributed by atoms with Gasteiger partial charge in [0.15, 0.2) is 5.82 Å². The van der Waals surface area contributed by atoms with Crippen molar-refractivity contribution in [3.8, 4) is 5.75 Å². The van der Waals surface area contributed by atoms with Gasteiger partial charge in [-0.25, -0.2) is 13.4 Å². The van der Waals surface area contributed by atoms with E-state index in [1.165, 1.54) is 17.0 Å². The number of esters is 1. The fraction of sp³-hybridized carbons (Fsp3) is 0.450. The summed E-state index contributed by atoms with van der Waals surface area (Å²) in [5.74, 6) is -2.40. The summed E-state index contributed by atoms with van der Waals surface area (Å²) in [6.07, 6.45) is 4.43. The summed E-state index contributed by atoms with van der Waals surface area (Å²) in [6.45, 7) is -0.677. The summed E-state index contributed by atoms with van der Waals surface area (Å²) >= 11 is -2.01. The number of phenolic OH excluding ortho intramolecular Hbond substituents is 1. The Morgan fingerprint density at radius 3 is 2.66 bits per heavy atom. The van der Waals surface area contributed by atoms with Crippen LogP contribution in [0, 0.1) is 11.7 Å². The lowest BCUT2D eigenvalue weighted by molar-refractivity contribution is -0.157. The number of hydrogen-bond donors (Lipinski definition) is 2. The van der Waals surface area contributed by atoms with Crippen LogP contribution in [-0.4, -0.2) is 58.6 Å². The largest absolute Gasteiger partial charge is 0.506 e.